The van der Waals surface area contributed by atoms with Gasteiger partial charge in [-0.2, -0.15) is 10.1 Å². The van der Waals surface area contributed by atoms with Crippen molar-refractivity contribution in [2.45, 2.75) is 12.5 Å². The van der Waals surface area contributed by atoms with E-state index in [9.17, 15) is 9.90 Å². The standard InChI is InChI=1S/C31H25N3O4S/c1-37-24-12-10-21(11-13-24)26-18-25(23-9-8-20-5-3-4-6-22(20)17-23)33-34(26)31-32-30(36)29(39-31)16-19-7-14-27(35)28(15-19)38-2/h3-17,26,35H,18H2,1-2H3/b29-16-/t26-/m0/s1. The summed E-state index contributed by atoms with van der Waals surface area (Å²) in [6.45, 7) is 0. The van der Waals surface area contributed by atoms with Gasteiger partial charge in [0.15, 0.2) is 16.7 Å². The summed E-state index contributed by atoms with van der Waals surface area (Å²) in [5.74, 6) is 0.822. The molecule has 1 atom stereocenters. The number of fused-ring (bicyclic) bond motifs is 1. The van der Waals surface area contributed by atoms with Crippen LogP contribution in [0.3, 0.4) is 0 Å². The van der Waals surface area contributed by atoms with Crippen LogP contribution in [0.4, 0.5) is 0 Å². The van der Waals surface area contributed by atoms with Crippen molar-refractivity contribution in [1.29, 1.82) is 0 Å². The van der Waals surface area contributed by atoms with E-state index >= 15 is 0 Å². The minimum atomic E-state index is -0.329. The molecule has 0 saturated heterocycles. The predicted octanol–water partition coefficient (Wildman–Crippen LogP) is 6.38. The second-order valence-electron chi connectivity index (χ2n) is 9.19. The Kier molecular flexibility index (Phi) is 6.54. The van der Waals surface area contributed by atoms with E-state index in [-0.39, 0.29) is 17.7 Å². The molecule has 1 amide bonds. The number of phenols is 1. The first-order valence-corrected chi connectivity index (χ1v) is 13.2. The SMILES string of the molecule is COc1ccc([C@@H]2CC(c3ccc4ccccc4c3)=NN2C2=NC(=O)/C(=C/c3ccc(O)c(OC)c3)S2)cc1. The molecule has 2 aliphatic rings. The van der Waals surface area contributed by atoms with E-state index in [0.29, 0.717) is 22.2 Å². The summed E-state index contributed by atoms with van der Waals surface area (Å²) in [6.07, 6.45) is 2.41. The number of phenolic OH excluding ortho intramolecular Hbond substituents is 1. The molecule has 4 aromatic carbocycles. The van der Waals surface area contributed by atoms with Crippen LogP contribution in [0.15, 0.2) is 99.9 Å². The number of hydrogen-bond acceptors (Lipinski definition) is 7. The molecule has 1 N–H and O–H groups in total. The maximum atomic E-state index is 12.9. The highest BCUT2D eigenvalue weighted by atomic mass is 32.2. The van der Waals surface area contributed by atoms with Gasteiger partial charge in [-0.05, 0) is 75.6 Å². The van der Waals surface area contributed by atoms with Gasteiger partial charge in [-0.1, -0.05) is 54.6 Å². The Balaban J connectivity index is 1.35. The van der Waals surface area contributed by atoms with Gasteiger partial charge >= 0.3 is 0 Å². The maximum Gasteiger partial charge on any atom is 0.286 e. The molecule has 39 heavy (non-hydrogen) atoms. The van der Waals surface area contributed by atoms with Crippen molar-refractivity contribution in [1.82, 2.24) is 5.01 Å². The first-order chi connectivity index (χ1) is 19.0. The highest BCUT2D eigenvalue weighted by Crippen LogP contribution is 2.40. The Morgan fingerprint density at radius 1 is 0.949 bits per heavy atom. The van der Waals surface area contributed by atoms with Crippen LogP contribution in [-0.4, -0.2) is 41.1 Å². The monoisotopic (exact) mass is 535 g/mol. The molecule has 0 aliphatic carbocycles. The highest BCUT2D eigenvalue weighted by Gasteiger charge is 2.36. The zero-order valence-corrected chi connectivity index (χ0v) is 22.2. The number of hydrazone groups is 1. The lowest BCUT2D eigenvalue weighted by molar-refractivity contribution is -0.113. The third-order valence-electron chi connectivity index (χ3n) is 6.80. The van der Waals surface area contributed by atoms with Crippen molar-refractivity contribution in [3.63, 3.8) is 0 Å². The molecule has 0 spiro atoms. The van der Waals surface area contributed by atoms with E-state index in [0.717, 1.165) is 33.5 Å². The molecule has 0 fully saturated rings. The van der Waals surface area contributed by atoms with Crippen molar-refractivity contribution in [2.75, 3.05) is 14.2 Å². The molecule has 7 nitrogen and oxygen atoms in total. The fourth-order valence-corrected chi connectivity index (χ4v) is 5.66. The minimum Gasteiger partial charge on any atom is -0.504 e. The van der Waals surface area contributed by atoms with Crippen molar-refractivity contribution >= 4 is 45.4 Å². The number of aromatic hydroxyl groups is 1. The van der Waals surface area contributed by atoms with E-state index in [1.54, 1.807) is 25.3 Å². The second-order valence-corrected chi connectivity index (χ2v) is 10.2. The first-order valence-electron chi connectivity index (χ1n) is 12.4. The quantitative estimate of drug-likeness (QED) is 0.299. The Morgan fingerprint density at radius 2 is 1.74 bits per heavy atom. The van der Waals surface area contributed by atoms with Crippen molar-refractivity contribution in [3.8, 4) is 17.2 Å². The third kappa shape index (κ3) is 4.86. The lowest BCUT2D eigenvalue weighted by atomic mass is 9.97. The summed E-state index contributed by atoms with van der Waals surface area (Å²) in [5.41, 5.74) is 3.74. The summed E-state index contributed by atoms with van der Waals surface area (Å²) in [5, 5.41) is 19.6. The van der Waals surface area contributed by atoms with Crippen molar-refractivity contribution < 1.29 is 19.4 Å². The van der Waals surface area contributed by atoms with Crippen LogP contribution in [0.25, 0.3) is 16.8 Å². The Bertz CT molecular complexity index is 1680. The van der Waals surface area contributed by atoms with Gasteiger partial charge in [0.2, 0.25) is 0 Å². The molecule has 2 heterocycles. The molecule has 6 rings (SSSR count). The molecule has 194 valence electrons. The van der Waals surface area contributed by atoms with Crippen LogP contribution in [0.2, 0.25) is 0 Å². The maximum absolute atomic E-state index is 12.9. The second kappa shape index (κ2) is 10.3. The minimum absolute atomic E-state index is 0.0388. The fraction of sp³-hybridized carbons (Fsp3) is 0.129. The normalized spacial score (nSPS) is 18.0. The topological polar surface area (TPSA) is 83.7 Å². The number of amidine groups is 1. The molecule has 0 radical (unpaired) electrons. The van der Waals surface area contributed by atoms with Crippen LogP contribution in [0.5, 0.6) is 17.2 Å². The number of amides is 1. The Morgan fingerprint density at radius 3 is 2.51 bits per heavy atom. The summed E-state index contributed by atoms with van der Waals surface area (Å²) >= 11 is 1.29. The Labute approximate surface area is 230 Å². The van der Waals surface area contributed by atoms with Crippen LogP contribution in [-0.2, 0) is 4.79 Å². The highest BCUT2D eigenvalue weighted by molar-refractivity contribution is 8.18. The lowest BCUT2D eigenvalue weighted by Gasteiger charge is -2.22. The van der Waals surface area contributed by atoms with Gasteiger partial charge < -0.3 is 14.6 Å². The first kappa shape index (κ1) is 24.8. The van der Waals surface area contributed by atoms with E-state index in [2.05, 4.69) is 35.3 Å². The van der Waals surface area contributed by atoms with Gasteiger partial charge in [0.05, 0.1) is 30.9 Å². The largest absolute Gasteiger partial charge is 0.504 e. The van der Waals surface area contributed by atoms with E-state index in [1.807, 2.05) is 41.4 Å². The molecule has 0 saturated carbocycles. The summed E-state index contributed by atoms with van der Waals surface area (Å²) < 4.78 is 10.6. The number of rotatable bonds is 5. The third-order valence-corrected chi connectivity index (χ3v) is 7.77. The van der Waals surface area contributed by atoms with Gasteiger partial charge in [0, 0.05) is 6.42 Å². The average molecular weight is 536 g/mol. The summed E-state index contributed by atoms with van der Waals surface area (Å²) in [6, 6.07) is 27.3. The smallest absolute Gasteiger partial charge is 0.286 e. The number of methoxy groups -OCH3 is 2. The van der Waals surface area contributed by atoms with Crippen LogP contribution in [0.1, 0.15) is 29.2 Å². The molecule has 2 aliphatic heterocycles. The molecule has 0 aromatic heterocycles. The Hall–Kier alpha value is -4.56. The van der Waals surface area contributed by atoms with Gasteiger partial charge in [0.25, 0.3) is 5.91 Å². The van der Waals surface area contributed by atoms with Gasteiger partial charge in [-0.25, -0.2) is 5.01 Å². The van der Waals surface area contributed by atoms with Crippen molar-refractivity contribution in [2.24, 2.45) is 10.1 Å². The molecular weight excluding hydrogens is 510 g/mol. The molecule has 0 unspecified atom stereocenters. The number of hydrogen-bond donors (Lipinski definition) is 1. The zero-order chi connectivity index (χ0) is 26.9. The van der Waals surface area contributed by atoms with E-state index in [4.69, 9.17) is 14.6 Å². The number of carbonyl (C=O) groups excluding carboxylic acids is 1. The van der Waals surface area contributed by atoms with E-state index < -0.39 is 0 Å². The summed E-state index contributed by atoms with van der Waals surface area (Å²) in [4.78, 5) is 17.8. The van der Waals surface area contributed by atoms with Gasteiger partial charge in [-0.15, -0.1) is 0 Å². The predicted molar refractivity (Wildman–Crippen MR) is 155 cm³/mol. The number of benzene rings is 4. The van der Waals surface area contributed by atoms with Crippen LogP contribution >= 0.6 is 11.8 Å². The number of ether oxygens (including phenoxy) is 2. The number of carbonyl (C=O) groups is 1. The van der Waals surface area contributed by atoms with Gasteiger partial charge in [-0.3, -0.25) is 4.79 Å². The van der Waals surface area contributed by atoms with Crippen LogP contribution in [0, 0.1) is 0 Å². The average Bonchev–Trinajstić information content (AvgIpc) is 3.57. The molecule has 4 aromatic rings. The van der Waals surface area contributed by atoms with Crippen LogP contribution < -0.4 is 9.47 Å². The number of thioether (sulfide) groups is 1. The number of aliphatic imine (C=N–C) groups is 1. The number of nitrogens with zero attached hydrogens (tertiary/aromatic N) is 3. The lowest BCUT2D eigenvalue weighted by Crippen LogP contribution is -2.23. The molecule has 8 heteroatoms. The molecule has 0 bridgehead atoms. The van der Waals surface area contributed by atoms with Crippen molar-refractivity contribution in [3.05, 3.63) is 107 Å². The van der Waals surface area contributed by atoms with E-state index in [1.165, 1.54) is 30.3 Å². The van der Waals surface area contributed by atoms with Gasteiger partial charge in [0.1, 0.15) is 5.75 Å². The fourth-order valence-electron chi connectivity index (χ4n) is 4.75. The molecular formula is C31H25N3O4S. The summed E-state index contributed by atoms with van der Waals surface area (Å²) in [7, 11) is 3.13. The zero-order valence-electron chi connectivity index (χ0n) is 21.4.